The highest BCUT2D eigenvalue weighted by Gasteiger charge is 2.18. The van der Waals surface area contributed by atoms with Gasteiger partial charge in [-0.15, -0.1) is 22.9 Å². The summed E-state index contributed by atoms with van der Waals surface area (Å²) < 4.78 is 2.12. The Morgan fingerprint density at radius 2 is 1.79 bits per heavy atom. The summed E-state index contributed by atoms with van der Waals surface area (Å²) >= 11 is 18.1. The van der Waals surface area contributed by atoms with Crippen molar-refractivity contribution in [1.82, 2.24) is 0 Å². The van der Waals surface area contributed by atoms with Gasteiger partial charge < -0.3 is 0 Å². The second kappa shape index (κ2) is 5.45. The molecule has 1 unspecified atom stereocenters. The summed E-state index contributed by atoms with van der Waals surface area (Å²) in [7, 11) is 0. The van der Waals surface area contributed by atoms with Crippen molar-refractivity contribution >= 4 is 60.6 Å². The van der Waals surface area contributed by atoms with E-state index in [2.05, 4.69) is 33.4 Å². The van der Waals surface area contributed by atoms with Gasteiger partial charge in [0.25, 0.3) is 0 Å². The van der Waals surface area contributed by atoms with E-state index in [1.165, 1.54) is 10.1 Å². The summed E-state index contributed by atoms with van der Waals surface area (Å²) in [6.45, 7) is 0. The van der Waals surface area contributed by atoms with Gasteiger partial charge in [-0.1, -0.05) is 41.9 Å². The molecule has 0 aliphatic rings. The van der Waals surface area contributed by atoms with Gasteiger partial charge in [0.1, 0.15) is 0 Å². The number of fused-ring (bicyclic) bond motifs is 1. The lowest BCUT2D eigenvalue weighted by Crippen LogP contribution is -1.93. The van der Waals surface area contributed by atoms with E-state index in [1.807, 2.05) is 30.3 Å². The zero-order chi connectivity index (χ0) is 13.4. The number of hydrogen-bond acceptors (Lipinski definition) is 1. The van der Waals surface area contributed by atoms with Crippen LogP contribution in [-0.2, 0) is 0 Å². The van der Waals surface area contributed by atoms with Crippen molar-refractivity contribution in [2.24, 2.45) is 0 Å². The van der Waals surface area contributed by atoms with Crippen LogP contribution in [0, 0.1) is 0 Å². The van der Waals surface area contributed by atoms with Crippen LogP contribution in [0.2, 0.25) is 5.02 Å². The molecule has 0 amide bonds. The van der Waals surface area contributed by atoms with Gasteiger partial charge in [-0.25, -0.2) is 0 Å². The van der Waals surface area contributed by atoms with E-state index in [9.17, 15) is 0 Å². The third kappa shape index (κ3) is 2.43. The SMILES string of the molecule is Clc1c(Br)cccc1C(Cl)c1csc2ccccc12. The molecule has 96 valence electrons. The van der Waals surface area contributed by atoms with E-state index >= 15 is 0 Å². The van der Waals surface area contributed by atoms with Crippen molar-refractivity contribution in [3.63, 3.8) is 0 Å². The van der Waals surface area contributed by atoms with Crippen LogP contribution in [0.3, 0.4) is 0 Å². The van der Waals surface area contributed by atoms with Crippen molar-refractivity contribution < 1.29 is 0 Å². The van der Waals surface area contributed by atoms with Crippen LogP contribution >= 0.6 is 50.5 Å². The Morgan fingerprint density at radius 1 is 1.00 bits per heavy atom. The first-order valence-corrected chi connectivity index (χ1v) is 8.21. The minimum atomic E-state index is -0.235. The molecule has 0 aliphatic heterocycles. The molecular weight excluding hydrogens is 363 g/mol. The van der Waals surface area contributed by atoms with Crippen LogP contribution in [0.4, 0.5) is 0 Å². The van der Waals surface area contributed by atoms with Gasteiger partial charge in [-0.05, 0) is 50.0 Å². The topological polar surface area (TPSA) is 0 Å². The van der Waals surface area contributed by atoms with Gasteiger partial charge in [0, 0.05) is 9.17 Å². The van der Waals surface area contributed by atoms with E-state index in [0.717, 1.165) is 15.6 Å². The normalized spacial score (nSPS) is 12.8. The maximum atomic E-state index is 6.63. The van der Waals surface area contributed by atoms with Gasteiger partial charge in [-0.3, -0.25) is 0 Å². The van der Waals surface area contributed by atoms with Gasteiger partial charge in [0.05, 0.1) is 10.4 Å². The fraction of sp³-hybridized carbons (Fsp3) is 0.0667. The largest absolute Gasteiger partial charge is 0.143 e. The van der Waals surface area contributed by atoms with Crippen LogP contribution in [-0.4, -0.2) is 0 Å². The number of rotatable bonds is 2. The first kappa shape index (κ1) is 13.4. The standard InChI is InChI=1S/C15H9BrCl2S/c16-12-6-3-5-10(15(12)18)14(17)11-8-19-13-7-2-1-4-9(11)13/h1-8,14H. The average molecular weight is 372 g/mol. The Balaban J connectivity index is 2.13. The predicted octanol–water partition coefficient (Wildman–Crippen LogP) is 6.65. The number of benzene rings is 2. The smallest absolute Gasteiger partial charge is 0.0864 e. The summed E-state index contributed by atoms with van der Waals surface area (Å²) in [4.78, 5) is 0. The molecule has 0 aliphatic carbocycles. The molecule has 0 nitrogen and oxygen atoms in total. The maximum Gasteiger partial charge on any atom is 0.0864 e. The Kier molecular flexibility index (Phi) is 3.86. The predicted molar refractivity (Wildman–Crippen MR) is 88.7 cm³/mol. The number of hydrogen-bond donors (Lipinski definition) is 0. The van der Waals surface area contributed by atoms with Crippen molar-refractivity contribution in [2.75, 3.05) is 0 Å². The Hall–Kier alpha value is -0.540. The first-order valence-electron chi connectivity index (χ1n) is 5.72. The van der Waals surface area contributed by atoms with Crippen molar-refractivity contribution in [3.05, 3.63) is 68.5 Å². The highest BCUT2D eigenvalue weighted by Crippen LogP contribution is 2.41. The zero-order valence-electron chi connectivity index (χ0n) is 9.74. The van der Waals surface area contributed by atoms with Gasteiger partial charge >= 0.3 is 0 Å². The Morgan fingerprint density at radius 3 is 2.63 bits per heavy atom. The number of thiophene rings is 1. The van der Waals surface area contributed by atoms with Crippen molar-refractivity contribution in [1.29, 1.82) is 0 Å². The second-order valence-corrected chi connectivity index (χ2v) is 6.77. The fourth-order valence-corrected chi connectivity index (χ4v) is 4.17. The molecule has 0 N–H and O–H groups in total. The van der Waals surface area contributed by atoms with E-state index in [0.29, 0.717) is 5.02 Å². The minimum Gasteiger partial charge on any atom is -0.143 e. The molecule has 0 bridgehead atoms. The summed E-state index contributed by atoms with van der Waals surface area (Å²) in [6.07, 6.45) is 0. The molecule has 0 saturated heterocycles. The number of alkyl halides is 1. The molecule has 4 heteroatoms. The monoisotopic (exact) mass is 370 g/mol. The van der Waals surface area contributed by atoms with Crippen LogP contribution in [0.5, 0.6) is 0 Å². The van der Waals surface area contributed by atoms with Gasteiger partial charge in [-0.2, -0.15) is 0 Å². The highest BCUT2D eigenvalue weighted by atomic mass is 79.9. The lowest BCUT2D eigenvalue weighted by molar-refractivity contribution is 1.17. The lowest BCUT2D eigenvalue weighted by atomic mass is 10.0. The zero-order valence-corrected chi connectivity index (χ0v) is 13.7. The Bertz CT molecular complexity index is 736. The van der Waals surface area contributed by atoms with Crippen LogP contribution < -0.4 is 0 Å². The van der Waals surface area contributed by atoms with Gasteiger partial charge in [0.2, 0.25) is 0 Å². The quantitative estimate of drug-likeness (QED) is 0.442. The van der Waals surface area contributed by atoms with Crippen LogP contribution in [0.25, 0.3) is 10.1 Å². The van der Waals surface area contributed by atoms with Crippen molar-refractivity contribution in [3.8, 4) is 0 Å². The molecule has 1 aromatic heterocycles. The molecule has 19 heavy (non-hydrogen) atoms. The molecule has 1 atom stereocenters. The molecule has 0 spiro atoms. The summed E-state index contributed by atoms with van der Waals surface area (Å²) in [5.74, 6) is 0. The molecule has 0 fully saturated rings. The highest BCUT2D eigenvalue weighted by molar-refractivity contribution is 9.10. The molecule has 2 aromatic carbocycles. The summed E-state index contributed by atoms with van der Waals surface area (Å²) in [5, 5.41) is 3.75. The molecule has 1 heterocycles. The second-order valence-electron chi connectivity index (χ2n) is 4.19. The number of halogens is 3. The van der Waals surface area contributed by atoms with E-state index < -0.39 is 0 Å². The first-order chi connectivity index (χ1) is 9.18. The van der Waals surface area contributed by atoms with Crippen LogP contribution in [0.1, 0.15) is 16.5 Å². The average Bonchev–Trinajstić information content (AvgIpc) is 2.85. The van der Waals surface area contributed by atoms with Crippen molar-refractivity contribution in [2.45, 2.75) is 5.38 Å². The van der Waals surface area contributed by atoms with Crippen LogP contribution in [0.15, 0.2) is 52.3 Å². The third-order valence-electron chi connectivity index (χ3n) is 3.04. The third-order valence-corrected chi connectivity index (χ3v) is 5.80. The minimum absolute atomic E-state index is 0.235. The van der Waals surface area contributed by atoms with Gasteiger partial charge in [0.15, 0.2) is 0 Å². The molecule has 3 aromatic rings. The van der Waals surface area contributed by atoms with E-state index in [1.54, 1.807) is 11.3 Å². The molecule has 3 rings (SSSR count). The maximum absolute atomic E-state index is 6.63. The Labute approximate surface area is 134 Å². The summed E-state index contributed by atoms with van der Waals surface area (Å²) in [6, 6.07) is 14.1. The molecular formula is C15H9BrCl2S. The fourth-order valence-electron chi connectivity index (χ4n) is 2.08. The van der Waals surface area contributed by atoms with E-state index in [4.69, 9.17) is 23.2 Å². The lowest BCUT2D eigenvalue weighted by Gasteiger charge is -2.12. The molecule has 0 saturated carbocycles. The van der Waals surface area contributed by atoms with E-state index in [-0.39, 0.29) is 5.38 Å². The summed E-state index contributed by atoms with van der Waals surface area (Å²) in [5.41, 5.74) is 2.04. The molecule has 0 radical (unpaired) electrons.